The van der Waals surface area contributed by atoms with Crippen molar-refractivity contribution in [3.8, 4) is 0 Å². The van der Waals surface area contributed by atoms with E-state index in [1.807, 2.05) is 26.0 Å². The first-order valence-electron chi connectivity index (χ1n) is 3.72. The van der Waals surface area contributed by atoms with E-state index in [1.54, 1.807) is 0 Å². The number of rotatable bonds is 4. The van der Waals surface area contributed by atoms with Crippen molar-refractivity contribution in [3.05, 3.63) is 23.5 Å². The molecule has 0 amide bonds. The molecule has 0 aromatic heterocycles. The van der Waals surface area contributed by atoms with Crippen LogP contribution in [0.2, 0.25) is 0 Å². The molecule has 0 aliphatic carbocycles. The van der Waals surface area contributed by atoms with Crippen LogP contribution in [0.5, 0.6) is 0 Å². The molecule has 0 aromatic rings. The summed E-state index contributed by atoms with van der Waals surface area (Å²) >= 11 is 0. The second kappa shape index (κ2) is 5.80. The average molecular weight is 155 g/mol. The van der Waals surface area contributed by atoms with Crippen LogP contribution in [-0.2, 0) is 0 Å². The predicted molar refractivity (Wildman–Crippen MR) is 48.8 cm³/mol. The molecule has 0 aliphatic rings. The van der Waals surface area contributed by atoms with Crippen LogP contribution in [-0.4, -0.2) is 13.1 Å². The lowest BCUT2D eigenvalue weighted by molar-refractivity contribution is 0.855. The fourth-order valence-corrected chi connectivity index (χ4v) is 0.635. The van der Waals surface area contributed by atoms with Gasteiger partial charge in [-0.15, -0.1) is 0 Å². The molecule has 0 bridgehead atoms. The van der Waals surface area contributed by atoms with Crippen molar-refractivity contribution in [3.63, 3.8) is 0 Å². The fourth-order valence-electron chi connectivity index (χ4n) is 0.635. The van der Waals surface area contributed by atoms with Crippen molar-refractivity contribution in [2.75, 3.05) is 13.1 Å². The smallest absolute Gasteiger partial charge is 0.0347 e. The molecule has 0 aromatic carbocycles. The van der Waals surface area contributed by atoms with Crippen LogP contribution in [0.4, 0.5) is 0 Å². The van der Waals surface area contributed by atoms with Gasteiger partial charge >= 0.3 is 0 Å². The molecule has 0 atom stereocenters. The molecule has 11 heavy (non-hydrogen) atoms. The Kier molecular flexibility index (Phi) is 5.29. The van der Waals surface area contributed by atoms with E-state index in [-0.39, 0.29) is 0 Å². The lowest BCUT2D eigenvalue weighted by atomic mass is 10.4. The molecular weight excluding hydrogens is 138 g/mol. The highest BCUT2D eigenvalue weighted by Gasteiger charge is 1.87. The van der Waals surface area contributed by atoms with Crippen molar-refractivity contribution in [1.29, 1.82) is 0 Å². The molecule has 0 fully saturated rings. The third kappa shape index (κ3) is 5.48. The summed E-state index contributed by atoms with van der Waals surface area (Å²) in [5.74, 6) is 0. The van der Waals surface area contributed by atoms with Gasteiger partial charge in [-0.3, -0.25) is 0 Å². The Morgan fingerprint density at radius 2 is 2.18 bits per heavy atom. The third-order valence-electron chi connectivity index (χ3n) is 1.32. The molecule has 3 heteroatoms. The van der Waals surface area contributed by atoms with Gasteiger partial charge in [0.25, 0.3) is 0 Å². The van der Waals surface area contributed by atoms with E-state index in [9.17, 15) is 0 Å². The second-order valence-electron chi connectivity index (χ2n) is 2.35. The van der Waals surface area contributed by atoms with E-state index in [1.165, 1.54) is 0 Å². The molecule has 0 heterocycles. The standard InChI is InChI=1S/C8H17N3/c1-3-8(6-9)11-5-4-7(2)10/h3-4,11H,5-6,9-10H2,1-2H3/b7-4-,8-3+. The van der Waals surface area contributed by atoms with Gasteiger partial charge in [0.05, 0.1) is 0 Å². The van der Waals surface area contributed by atoms with Gasteiger partial charge in [-0.2, -0.15) is 0 Å². The van der Waals surface area contributed by atoms with E-state index in [0.29, 0.717) is 6.54 Å². The van der Waals surface area contributed by atoms with Crippen LogP contribution in [0, 0.1) is 0 Å². The van der Waals surface area contributed by atoms with Crippen LogP contribution < -0.4 is 16.8 Å². The Balaban J connectivity index is 3.61. The summed E-state index contributed by atoms with van der Waals surface area (Å²) in [7, 11) is 0. The Labute approximate surface area is 68.1 Å². The van der Waals surface area contributed by atoms with E-state index < -0.39 is 0 Å². The number of allylic oxidation sites excluding steroid dienone is 2. The molecule has 0 saturated heterocycles. The molecule has 0 rings (SSSR count). The van der Waals surface area contributed by atoms with E-state index in [0.717, 1.165) is 17.9 Å². The number of nitrogens with one attached hydrogen (secondary N) is 1. The largest absolute Gasteiger partial charge is 0.402 e. The number of hydrogen-bond acceptors (Lipinski definition) is 3. The summed E-state index contributed by atoms with van der Waals surface area (Å²) in [6.07, 6.45) is 3.87. The Morgan fingerprint density at radius 1 is 1.55 bits per heavy atom. The first-order chi connectivity index (χ1) is 5.20. The lowest BCUT2D eigenvalue weighted by Crippen LogP contribution is -2.20. The minimum absolute atomic E-state index is 0.550. The minimum Gasteiger partial charge on any atom is -0.402 e. The Hall–Kier alpha value is -0.960. The summed E-state index contributed by atoms with van der Waals surface area (Å²) in [6.45, 7) is 5.11. The molecule has 0 spiro atoms. The van der Waals surface area contributed by atoms with Crippen molar-refractivity contribution >= 4 is 0 Å². The van der Waals surface area contributed by atoms with E-state index >= 15 is 0 Å². The van der Waals surface area contributed by atoms with Crippen LogP contribution in [0.1, 0.15) is 13.8 Å². The van der Waals surface area contributed by atoms with Gasteiger partial charge in [0, 0.05) is 24.5 Å². The van der Waals surface area contributed by atoms with Crippen molar-refractivity contribution in [1.82, 2.24) is 5.32 Å². The molecule has 0 radical (unpaired) electrons. The average Bonchev–Trinajstić information content (AvgIpc) is 1.98. The van der Waals surface area contributed by atoms with Crippen molar-refractivity contribution in [2.24, 2.45) is 11.5 Å². The predicted octanol–water partition coefficient (Wildman–Crippen LogP) is 0.301. The highest BCUT2D eigenvalue weighted by atomic mass is 14.9. The summed E-state index contributed by atoms with van der Waals surface area (Å²) in [5, 5.41) is 3.13. The van der Waals surface area contributed by atoms with Crippen molar-refractivity contribution in [2.45, 2.75) is 13.8 Å². The Bertz CT molecular complexity index is 155. The summed E-state index contributed by atoms with van der Waals surface area (Å²) in [6, 6.07) is 0. The number of nitrogens with two attached hydrogens (primary N) is 2. The molecule has 3 nitrogen and oxygen atoms in total. The maximum Gasteiger partial charge on any atom is 0.0347 e. The van der Waals surface area contributed by atoms with Crippen LogP contribution >= 0.6 is 0 Å². The van der Waals surface area contributed by atoms with Gasteiger partial charge in [0.1, 0.15) is 0 Å². The summed E-state index contributed by atoms with van der Waals surface area (Å²) in [4.78, 5) is 0. The molecular formula is C8H17N3. The second-order valence-corrected chi connectivity index (χ2v) is 2.35. The minimum atomic E-state index is 0.550. The first kappa shape index (κ1) is 10.0. The van der Waals surface area contributed by atoms with Gasteiger partial charge in [0.15, 0.2) is 0 Å². The molecule has 5 N–H and O–H groups in total. The van der Waals surface area contributed by atoms with E-state index in [2.05, 4.69) is 5.32 Å². The SMILES string of the molecule is C/C=C(\CN)NC/C=C(/C)N. The zero-order chi connectivity index (χ0) is 8.69. The maximum atomic E-state index is 5.43. The molecule has 0 saturated carbocycles. The normalized spacial score (nSPS) is 13.4. The fraction of sp³-hybridized carbons (Fsp3) is 0.500. The van der Waals surface area contributed by atoms with Gasteiger partial charge in [-0.1, -0.05) is 6.08 Å². The number of hydrogen-bond donors (Lipinski definition) is 3. The highest BCUT2D eigenvalue weighted by Crippen LogP contribution is 1.84. The topological polar surface area (TPSA) is 64.1 Å². The third-order valence-corrected chi connectivity index (χ3v) is 1.32. The molecule has 0 unspecified atom stereocenters. The summed E-state index contributed by atoms with van der Waals surface area (Å²) in [5.41, 5.74) is 12.7. The van der Waals surface area contributed by atoms with Crippen LogP contribution in [0.25, 0.3) is 0 Å². The van der Waals surface area contributed by atoms with Gasteiger partial charge < -0.3 is 16.8 Å². The van der Waals surface area contributed by atoms with Gasteiger partial charge in [-0.05, 0) is 19.9 Å². The zero-order valence-corrected chi connectivity index (χ0v) is 7.22. The first-order valence-corrected chi connectivity index (χ1v) is 3.72. The lowest BCUT2D eigenvalue weighted by Gasteiger charge is -2.04. The van der Waals surface area contributed by atoms with Gasteiger partial charge in [0.2, 0.25) is 0 Å². The van der Waals surface area contributed by atoms with Gasteiger partial charge in [-0.25, -0.2) is 0 Å². The molecule has 0 aliphatic heterocycles. The van der Waals surface area contributed by atoms with Crippen LogP contribution in [0.15, 0.2) is 23.5 Å². The van der Waals surface area contributed by atoms with Crippen molar-refractivity contribution < 1.29 is 0 Å². The summed E-state index contributed by atoms with van der Waals surface area (Å²) < 4.78 is 0. The Morgan fingerprint density at radius 3 is 2.55 bits per heavy atom. The molecule has 64 valence electrons. The van der Waals surface area contributed by atoms with E-state index in [4.69, 9.17) is 11.5 Å². The maximum absolute atomic E-state index is 5.43. The quantitative estimate of drug-likeness (QED) is 0.547. The zero-order valence-electron chi connectivity index (χ0n) is 7.22. The highest BCUT2D eigenvalue weighted by molar-refractivity contribution is 5.02. The monoisotopic (exact) mass is 155 g/mol. The van der Waals surface area contributed by atoms with Crippen LogP contribution in [0.3, 0.4) is 0 Å².